The van der Waals surface area contributed by atoms with Crippen molar-refractivity contribution in [1.82, 2.24) is 20.0 Å². The lowest BCUT2D eigenvalue weighted by Crippen LogP contribution is -2.44. The van der Waals surface area contributed by atoms with Crippen molar-refractivity contribution in [2.45, 2.75) is 32.4 Å². The largest absolute Gasteiger partial charge is 0.348 e. The first-order valence-corrected chi connectivity index (χ1v) is 8.67. The summed E-state index contributed by atoms with van der Waals surface area (Å²) in [6.07, 6.45) is 1.94. The molecule has 0 saturated carbocycles. The Hall–Kier alpha value is -1.85. The van der Waals surface area contributed by atoms with E-state index in [9.17, 15) is 4.79 Å². The van der Waals surface area contributed by atoms with Gasteiger partial charge in [0.15, 0.2) is 0 Å². The van der Waals surface area contributed by atoms with Gasteiger partial charge in [0.2, 0.25) is 0 Å². The Morgan fingerprint density at radius 2 is 1.96 bits per heavy atom. The monoisotopic (exact) mass is 346 g/mol. The van der Waals surface area contributed by atoms with Gasteiger partial charge in [-0.1, -0.05) is 23.7 Å². The van der Waals surface area contributed by atoms with Crippen LogP contribution in [-0.4, -0.2) is 39.7 Å². The van der Waals surface area contributed by atoms with E-state index in [0.29, 0.717) is 5.69 Å². The minimum absolute atomic E-state index is 0.0331. The Morgan fingerprint density at radius 3 is 2.54 bits per heavy atom. The van der Waals surface area contributed by atoms with Gasteiger partial charge in [0.25, 0.3) is 5.91 Å². The van der Waals surface area contributed by atoms with E-state index in [-0.39, 0.29) is 11.9 Å². The van der Waals surface area contributed by atoms with Gasteiger partial charge in [-0.15, -0.1) is 0 Å². The quantitative estimate of drug-likeness (QED) is 0.926. The Labute approximate surface area is 147 Å². The Bertz CT molecular complexity index is 702. The molecule has 1 amide bonds. The molecule has 1 aromatic carbocycles. The number of rotatable bonds is 4. The maximum atomic E-state index is 12.4. The SMILES string of the molecule is Cc1cc(C(=O)NC2CCN(Cc3ccc(Cl)cc3)CC2)n(C)n1. The number of halogens is 1. The molecule has 1 aliphatic rings. The van der Waals surface area contributed by atoms with Crippen LogP contribution in [0.25, 0.3) is 0 Å². The zero-order chi connectivity index (χ0) is 17.1. The fourth-order valence-corrected chi connectivity index (χ4v) is 3.29. The van der Waals surface area contributed by atoms with E-state index in [1.807, 2.05) is 25.1 Å². The number of likely N-dealkylation sites (tertiary alicyclic amines) is 1. The maximum Gasteiger partial charge on any atom is 0.269 e. The molecule has 1 aliphatic heterocycles. The molecular formula is C18H23ClN4O. The van der Waals surface area contributed by atoms with Crippen LogP contribution in [0.1, 0.15) is 34.6 Å². The first kappa shape index (κ1) is 17.0. The van der Waals surface area contributed by atoms with Crippen LogP contribution < -0.4 is 5.32 Å². The second-order valence-corrected chi connectivity index (χ2v) is 6.88. The number of aromatic nitrogens is 2. The molecule has 0 bridgehead atoms. The minimum Gasteiger partial charge on any atom is -0.348 e. The van der Waals surface area contributed by atoms with Crippen molar-refractivity contribution in [2.24, 2.45) is 7.05 Å². The first-order valence-electron chi connectivity index (χ1n) is 8.29. The van der Waals surface area contributed by atoms with Gasteiger partial charge in [0, 0.05) is 37.7 Å². The van der Waals surface area contributed by atoms with Crippen molar-refractivity contribution in [3.05, 3.63) is 52.3 Å². The lowest BCUT2D eigenvalue weighted by atomic mass is 10.0. The highest BCUT2D eigenvalue weighted by molar-refractivity contribution is 6.30. The summed E-state index contributed by atoms with van der Waals surface area (Å²) < 4.78 is 1.64. The molecule has 0 atom stereocenters. The fraction of sp³-hybridized carbons (Fsp3) is 0.444. The van der Waals surface area contributed by atoms with Gasteiger partial charge >= 0.3 is 0 Å². The highest BCUT2D eigenvalue weighted by atomic mass is 35.5. The standard InChI is InChI=1S/C18H23ClN4O/c1-13-11-17(22(2)21-13)18(24)20-16-7-9-23(10-8-16)12-14-3-5-15(19)6-4-14/h3-6,11,16H,7-10,12H2,1-2H3,(H,20,24). The zero-order valence-corrected chi connectivity index (χ0v) is 14.9. The Kier molecular flexibility index (Phi) is 5.21. The van der Waals surface area contributed by atoms with Gasteiger partial charge in [0.05, 0.1) is 5.69 Å². The highest BCUT2D eigenvalue weighted by Crippen LogP contribution is 2.16. The molecule has 5 nitrogen and oxygen atoms in total. The number of hydrogen-bond acceptors (Lipinski definition) is 3. The molecule has 0 unspecified atom stereocenters. The smallest absolute Gasteiger partial charge is 0.269 e. The highest BCUT2D eigenvalue weighted by Gasteiger charge is 2.22. The molecule has 2 heterocycles. The van der Waals surface area contributed by atoms with E-state index >= 15 is 0 Å². The van der Waals surface area contributed by atoms with Crippen LogP contribution >= 0.6 is 11.6 Å². The van der Waals surface area contributed by atoms with Gasteiger partial charge in [-0.25, -0.2) is 0 Å². The number of nitrogens with one attached hydrogen (secondary N) is 1. The average molecular weight is 347 g/mol. The summed E-state index contributed by atoms with van der Waals surface area (Å²) in [5, 5.41) is 8.13. The molecule has 0 spiro atoms. The molecule has 1 N–H and O–H groups in total. The second kappa shape index (κ2) is 7.36. The van der Waals surface area contributed by atoms with Crippen LogP contribution in [0, 0.1) is 6.92 Å². The summed E-state index contributed by atoms with van der Waals surface area (Å²) in [5.41, 5.74) is 2.75. The van der Waals surface area contributed by atoms with Gasteiger partial charge in [0.1, 0.15) is 5.69 Å². The molecule has 0 radical (unpaired) electrons. The summed E-state index contributed by atoms with van der Waals surface area (Å²) in [7, 11) is 1.80. The number of carbonyl (C=O) groups excluding carboxylic acids is 1. The van der Waals surface area contributed by atoms with Gasteiger partial charge in [-0.05, 0) is 43.5 Å². The van der Waals surface area contributed by atoms with Gasteiger partial charge in [-0.2, -0.15) is 5.10 Å². The predicted octanol–water partition coefficient (Wildman–Crippen LogP) is 2.78. The number of aryl methyl sites for hydroxylation is 2. The van der Waals surface area contributed by atoms with E-state index in [0.717, 1.165) is 43.2 Å². The summed E-state index contributed by atoms with van der Waals surface area (Å²) in [4.78, 5) is 14.8. The Morgan fingerprint density at radius 1 is 1.29 bits per heavy atom. The van der Waals surface area contributed by atoms with Crippen molar-refractivity contribution in [3.8, 4) is 0 Å². The predicted molar refractivity (Wildman–Crippen MR) is 95.2 cm³/mol. The number of amides is 1. The molecule has 24 heavy (non-hydrogen) atoms. The zero-order valence-electron chi connectivity index (χ0n) is 14.1. The molecule has 128 valence electrons. The van der Waals surface area contributed by atoms with E-state index in [2.05, 4.69) is 27.4 Å². The Balaban J connectivity index is 1.49. The lowest BCUT2D eigenvalue weighted by Gasteiger charge is -2.32. The van der Waals surface area contributed by atoms with Crippen molar-refractivity contribution < 1.29 is 4.79 Å². The van der Waals surface area contributed by atoms with E-state index in [4.69, 9.17) is 11.6 Å². The van der Waals surface area contributed by atoms with Crippen LogP contribution in [0.4, 0.5) is 0 Å². The third kappa shape index (κ3) is 4.16. The second-order valence-electron chi connectivity index (χ2n) is 6.44. The van der Waals surface area contributed by atoms with E-state index in [1.54, 1.807) is 11.7 Å². The molecule has 1 fully saturated rings. The third-order valence-electron chi connectivity index (χ3n) is 4.48. The molecule has 3 rings (SSSR count). The number of benzene rings is 1. The summed E-state index contributed by atoms with van der Waals surface area (Å²) in [6.45, 7) is 4.79. The van der Waals surface area contributed by atoms with Crippen LogP contribution in [-0.2, 0) is 13.6 Å². The molecule has 2 aromatic rings. The van der Waals surface area contributed by atoms with Crippen molar-refractivity contribution in [3.63, 3.8) is 0 Å². The molecule has 0 aliphatic carbocycles. The van der Waals surface area contributed by atoms with Crippen molar-refractivity contribution >= 4 is 17.5 Å². The van der Waals surface area contributed by atoms with E-state index < -0.39 is 0 Å². The number of hydrogen-bond donors (Lipinski definition) is 1. The van der Waals surface area contributed by atoms with Crippen LogP contribution in [0.15, 0.2) is 30.3 Å². The van der Waals surface area contributed by atoms with Crippen LogP contribution in [0.3, 0.4) is 0 Å². The third-order valence-corrected chi connectivity index (χ3v) is 4.73. The fourth-order valence-electron chi connectivity index (χ4n) is 3.17. The summed E-state index contributed by atoms with van der Waals surface area (Å²) in [6, 6.07) is 10.1. The van der Waals surface area contributed by atoms with Crippen LogP contribution in [0.2, 0.25) is 5.02 Å². The van der Waals surface area contributed by atoms with Gasteiger partial charge < -0.3 is 5.32 Å². The van der Waals surface area contributed by atoms with Crippen molar-refractivity contribution in [2.75, 3.05) is 13.1 Å². The number of carbonyl (C=O) groups is 1. The number of nitrogens with zero attached hydrogens (tertiary/aromatic N) is 3. The normalized spacial score (nSPS) is 16.3. The molecule has 1 aromatic heterocycles. The topological polar surface area (TPSA) is 50.2 Å². The first-order chi connectivity index (χ1) is 11.5. The molecule has 1 saturated heterocycles. The number of piperidine rings is 1. The molecule has 6 heteroatoms. The van der Waals surface area contributed by atoms with Crippen molar-refractivity contribution in [1.29, 1.82) is 0 Å². The summed E-state index contributed by atoms with van der Waals surface area (Å²) in [5.74, 6) is -0.0331. The maximum absolute atomic E-state index is 12.4. The molecular weight excluding hydrogens is 324 g/mol. The lowest BCUT2D eigenvalue weighted by molar-refractivity contribution is 0.0899. The van der Waals surface area contributed by atoms with Gasteiger partial charge in [-0.3, -0.25) is 14.4 Å². The van der Waals surface area contributed by atoms with E-state index in [1.165, 1.54) is 5.56 Å². The minimum atomic E-state index is -0.0331. The summed E-state index contributed by atoms with van der Waals surface area (Å²) >= 11 is 5.93. The average Bonchev–Trinajstić information content (AvgIpc) is 2.90. The van der Waals surface area contributed by atoms with Crippen LogP contribution in [0.5, 0.6) is 0 Å².